The first-order chi connectivity index (χ1) is 9.08. The van der Waals surface area contributed by atoms with Crippen LogP contribution in [0.25, 0.3) is 0 Å². The Morgan fingerprint density at radius 3 is 2.52 bits per heavy atom. The summed E-state index contributed by atoms with van der Waals surface area (Å²) in [5.74, 6) is 0. The molecule has 0 bridgehead atoms. The molecule has 1 saturated heterocycles. The van der Waals surface area contributed by atoms with Gasteiger partial charge in [-0.2, -0.15) is 0 Å². The van der Waals surface area contributed by atoms with E-state index >= 15 is 0 Å². The number of hydrogen-bond donors (Lipinski definition) is 2. The zero-order valence-electron chi connectivity index (χ0n) is 11.4. The summed E-state index contributed by atoms with van der Waals surface area (Å²) in [4.78, 5) is 2.44. The molecule has 9 heteroatoms. The smallest absolute Gasteiger partial charge is 0.240 e. The van der Waals surface area contributed by atoms with E-state index in [1.54, 1.807) is 18.2 Å². The number of rotatable bonds is 5. The third-order valence-corrected chi connectivity index (χ3v) is 4.73. The predicted molar refractivity (Wildman–Crippen MR) is 90.4 cm³/mol. The Bertz CT molecular complexity index is 522. The van der Waals surface area contributed by atoms with Gasteiger partial charge in [0.25, 0.3) is 0 Å². The number of halogens is 3. The van der Waals surface area contributed by atoms with Gasteiger partial charge in [0.2, 0.25) is 10.0 Å². The fourth-order valence-corrected chi connectivity index (χ4v) is 3.31. The lowest BCUT2D eigenvalue weighted by Crippen LogP contribution is -2.46. The highest BCUT2D eigenvalue weighted by Crippen LogP contribution is 2.14. The number of piperazine rings is 1. The van der Waals surface area contributed by atoms with E-state index in [0.717, 1.165) is 32.7 Å². The van der Waals surface area contributed by atoms with Crippen LogP contribution in [0.3, 0.4) is 0 Å². The van der Waals surface area contributed by atoms with Gasteiger partial charge in [0.05, 0.1) is 4.90 Å². The van der Waals surface area contributed by atoms with Crippen LogP contribution in [-0.4, -0.2) is 52.6 Å². The van der Waals surface area contributed by atoms with Gasteiger partial charge in [-0.25, -0.2) is 13.1 Å². The summed E-state index contributed by atoms with van der Waals surface area (Å²) in [7, 11) is -3.46. The molecule has 122 valence electrons. The lowest BCUT2D eigenvalue weighted by atomic mass is 10.3. The monoisotopic (exact) mass is 375 g/mol. The van der Waals surface area contributed by atoms with E-state index in [9.17, 15) is 8.42 Å². The molecule has 1 aliphatic heterocycles. The van der Waals surface area contributed by atoms with Gasteiger partial charge >= 0.3 is 0 Å². The molecule has 0 amide bonds. The van der Waals surface area contributed by atoms with Crippen LogP contribution in [0.4, 0.5) is 0 Å². The maximum Gasteiger partial charge on any atom is 0.240 e. The largest absolute Gasteiger partial charge is 0.314 e. The van der Waals surface area contributed by atoms with Crippen molar-refractivity contribution in [3.8, 4) is 0 Å². The summed E-state index contributed by atoms with van der Waals surface area (Å²) >= 11 is 5.80. The van der Waals surface area contributed by atoms with Crippen molar-refractivity contribution < 1.29 is 8.42 Å². The number of sulfonamides is 1. The van der Waals surface area contributed by atoms with Crippen molar-refractivity contribution in [3.05, 3.63) is 29.3 Å². The zero-order chi connectivity index (χ0) is 13.7. The van der Waals surface area contributed by atoms with Crippen molar-refractivity contribution in [1.82, 2.24) is 14.9 Å². The normalized spacial score (nSPS) is 15.9. The fourth-order valence-electron chi connectivity index (χ4n) is 1.99. The first kappa shape index (κ1) is 20.9. The summed E-state index contributed by atoms with van der Waals surface area (Å²) in [6, 6.07) is 6.28. The highest BCUT2D eigenvalue weighted by Gasteiger charge is 2.15. The topological polar surface area (TPSA) is 61.4 Å². The van der Waals surface area contributed by atoms with Gasteiger partial charge in [0, 0.05) is 44.3 Å². The van der Waals surface area contributed by atoms with E-state index in [1.165, 1.54) is 6.07 Å². The summed E-state index contributed by atoms with van der Waals surface area (Å²) in [5, 5.41) is 3.68. The molecule has 0 atom stereocenters. The Morgan fingerprint density at radius 2 is 1.90 bits per heavy atom. The number of nitrogens with one attached hydrogen (secondary N) is 2. The first-order valence-corrected chi connectivity index (χ1v) is 8.12. The molecule has 1 aromatic rings. The molecule has 0 unspecified atom stereocenters. The quantitative estimate of drug-likeness (QED) is 0.815. The Labute approximate surface area is 143 Å². The van der Waals surface area contributed by atoms with Crippen LogP contribution in [0.5, 0.6) is 0 Å². The molecule has 1 aromatic carbocycles. The van der Waals surface area contributed by atoms with Crippen LogP contribution in [0, 0.1) is 0 Å². The van der Waals surface area contributed by atoms with Gasteiger partial charge in [-0.05, 0) is 18.2 Å². The second-order valence-corrected chi connectivity index (χ2v) is 6.65. The van der Waals surface area contributed by atoms with Gasteiger partial charge in [0.1, 0.15) is 0 Å². The molecule has 0 aromatic heterocycles. The van der Waals surface area contributed by atoms with Gasteiger partial charge in [-0.15, -0.1) is 24.8 Å². The van der Waals surface area contributed by atoms with Crippen LogP contribution >= 0.6 is 36.4 Å². The third kappa shape index (κ3) is 6.69. The van der Waals surface area contributed by atoms with Crippen LogP contribution in [0.15, 0.2) is 29.2 Å². The zero-order valence-corrected chi connectivity index (χ0v) is 14.6. The Kier molecular flexibility index (Phi) is 9.80. The highest BCUT2D eigenvalue weighted by molar-refractivity contribution is 7.89. The minimum absolute atomic E-state index is 0. The summed E-state index contributed by atoms with van der Waals surface area (Å²) < 4.78 is 26.7. The standard InChI is InChI=1S/C12H18ClN3O2S.2ClH/c13-11-2-1-3-12(10-11)19(17,18)15-6-9-16-7-4-14-5-8-16;;/h1-3,10,14-15H,4-9H2;2*1H. The third-order valence-electron chi connectivity index (χ3n) is 3.04. The first-order valence-electron chi connectivity index (χ1n) is 6.26. The summed E-state index contributed by atoms with van der Waals surface area (Å²) in [5.41, 5.74) is 0. The number of benzene rings is 1. The minimum atomic E-state index is -3.46. The molecule has 0 saturated carbocycles. The van der Waals surface area contributed by atoms with Crippen LogP contribution in [-0.2, 0) is 10.0 Å². The maximum absolute atomic E-state index is 12.0. The van der Waals surface area contributed by atoms with Crippen LogP contribution in [0.1, 0.15) is 0 Å². The second-order valence-electron chi connectivity index (χ2n) is 4.45. The van der Waals surface area contributed by atoms with Gasteiger partial charge < -0.3 is 5.32 Å². The Hall–Kier alpha value is -0.0800. The maximum atomic E-state index is 12.0. The summed E-state index contributed by atoms with van der Waals surface area (Å²) in [6.45, 7) is 4.97. The average molecular weight is 377 g/mol. The van der Waals surface area contributed by atoms with Crippen molar-refractivity contribution in [2.75, 3.05) is 39.3 Å². The molecule has 2 N–H and O–H groups in total. The average Bonchev–Trinajstić information content (AvgIpc) is 2.40. The SMILES string of the molecule is Cl.Cl.O=S(=O)(NCCN1CCNCC1)c1cccc(Cl)c1. The molecular weight excluding hydrogens is 357 g/mol. The molecule has 1 fully saturated rings. The highest BCUT2D eigenvalue weighted by atomic mass is 35.5. The van der Waals surface area contributed by atoms with Crippen molar-refractivity contribution in [2.45, 2.75) is 4.90 Å². The summed E-state index contributed by atoms with van der Waals surface area (Å²) in [6.07, 6.45) is 0. The van der Waals surface area contributed by atoms with Crippen molar-refractivity contribution in [3.63, 3.8) is 0 Å². The van der Waals surface area contributed by atoms with Gasteiger partial charge in [-0.1, -0.05) is 17.7 Å². The molecule has 2 rings (SSSR count). The van der Waals surface area contributed by atoms with E-state index in [2.05, 4.69) is 14.9 Å². The molecule has 1 heterocycles. The molecule has 21 heavy (non-hydrogen) atoms. The molecular formula is C12H20Cl3N3O2S. The van der Waals surface area contributed by atoms with Gasteiger partial charge in [-0.3, -0.25) is 4.90 Å². The van der Waals surface area contributed by atoms with Crippen molar-refractivity contribution >= 4 is 46.4 Å². The van der Waals surface area contributed by atoms with Crippen molar-refractivity contribution in [2.24, 2.45) is 0 Å². The van der Waals surface area contributed by atoms with Gasteiger partial charge in [0.15, 0.2) is 0 Å². The second kappa shape index (κ2) is 9.84. The lowest BCUT2D eigenvalue weighted by Gasteiger charge is -2.27. The van der Waals surface area contributed by atoms with Crippen molar-refractivity contribution in [1.29, 1.82) is 0 Å². The van der Waals surface area contributed by atoms with E-state index in [0.29, 0.717) is 11.6 Å². The minimum Gasteiger partial charge on any atom is -0.314 e. The van der Waals surface area contributed by atoms with Crippen LogP contribution in [0.2, 0.25) is 5.02 Å². The lowest BCUT2D eigenvalue weighted by molar-refractivity contribution is 0.245. The molecule has 0 radical (unpaired) electrons. The predicted octanol–water partition coefficient (Wildman–Crippen LogP) is 1.37. The number of hydrogen-bond acceptors (Lipinski definition) is 4. The van der Waals surface area contributed by atoms with E-state index in [1.807, 2.05) is 0 Å². The molecule has 1 aliphatic rings. The fraction of sp³-hybridized carbons (Fsp3) is 0.500. The molecule has 5 nitrogen and oxygen atoms in total. The van der Waals surface area contributed by atoms with E-state index < -0.39 is 10.0 Å². The van der Waals surface area contributed by atoms with E-state index in [4.69, 9.17) is 11.6 Å². The molecule has 0 aliphatic carbocycles. The Balaban J connectivity index is 0.00000200. The van der Waals surface area contributed by atoms with Crippen LogP contribution < -0.4 is 10.0 Å². The number of nitrogens with zero attached hydrogens (tertiary/aromatic N) is 1. The molecule has 0 spiro atoms. The Morgan fingerprint density at radius 1 is 1.24 bits per heavy atom. The van der Waals surface area contributed by atoms with E-state index in [-0.39, 0.29) is 29.7 Å².